The van der Waals surface area contributed by atoms with Gasteiger partial charge >= 0.3 is 0 Å². The van der Waals surface area contributed by atoms with Crippen LogP contribution >= 0.6 is 8.07 Å². The molecule has 2 nitrogen and oxygen atoms in total. The van der Waals surface area contributed by atoms with Crippen LogP contribution in [0.4, 0.5) is 5.69 Å². The summed E-state index contributed by atoms with van der Waals surface area (Å²) in [5, 5.41) is 4.02. The molecule has 0 amide bonds. The normalized spacial score (nSPS) is 24.7. The number of aliphatic imine (C=N–C) groups is 1. The van der Waals surface area contributed by atoms with E-state index in [0.29, 0.717) is 16.7 Å². The van der Waals surface area contributed by atoms with E-state index < -0.39 is 0 Å². The highest BCUT2D eigenvalue weighted by Crippen LogP contribution is 2.63. The summed E-state index contributed by atoms with van der Waals surface area (Å²) in [6, 6.07) is 15.3. The molecule has 3 fully saturated rings. The summed E-state index contributed by atoms with van der Waals surface area (Å²) in [5.74, 6) is 2.08. The van der Waals surface area contributed by atoms with E-state index in [9.17, 15) is 0 Å². The zero-order chi connectivity index (χ0) is 22.2. The number of hydrogen-bond acceptors (Lipinski definition) is 1. The maximum atomic E-state index is 5.24. The Balaban J connectivity index is 1.64. The van der Waals surface area contributed by atoms with Crippen LogP contribution in [0, 0.1) is 32.1 Å². The Kier molecular flexibility index (Phi) is 6.59. The number of amidine groups is 1. The van der Waals surface area contributed by atoms with Crippen LogP contribution in [0.1, 0.15) is 75.1 Å². The molecule has 0 spiro atoms. The van der Waals surface area contributed by atoms with Crippen LogP contribution in [0.25, 0.3) is 0 Å². The first-order valence-corrected chi connectivity index (χ1v) is 13.5. The lowest BCUT2D eigenvalue weighted by atomic mass is 9.67. The first-order chi connectivity index (χ1) is 14.8. The van der Waals surface area contributed by atoms with Gasteiger partial charge in [0, 0.05) is 5.56 Å². The predicted molar refractivity (Wildman–Crippen MR) is 137 cm³/mol. The molecule has 3 heteroatoms. The molecule has 31 heavy (non-hydrogen) atoms. The van der Waals surface area contributed by atoms with Crippen LogP contribution < -0.4 is 5.09 Å². The smallest absolute Gasteiger partial charge is 0.137 e. The van der Waals surface area contributed by atoms with Crippen molar-refractivity contribution >= 4 is 19.6 Å². The van der Waals surface area contributed by atoms with Gasteiger partial charge in [-0.25, -0.2) is 4.99 Å². The minimum absolute atomic E-state index is 0.371. The molecule has 2 bridgehead atoms. The molecule has 0 aliphatic heterocycles. The number of hydrogen-bond donors (Lipinski definition) is 1. The molecule has 2 atom stereocenters. The second-order valence-corrected chi connectivity index (χ2v) is 13.5. The Morgan fingerprint density at radius 1 is 1.03 bits per heavy atom. The number of nitrogens with one attached hydrogen (secondary N) is 1. The molecule has 2 aromatic rings. The molecule has 3 aliphatic carbocycles. The van der Waals surface area contributed by atoms with E-state index in [1.54, 1.807) is 0 Å². The highest BCUT2D eigenvalue weighted by atomic mass is 31.1. The van der Waals surface area contributed by atoms with Gasteiger partial charge < -0.3 is 5.09 Å². The topological polar surface area (TPSA) is 24.4 Å². The number of benzene rings is 2. The Hall–Kier alpha value is -1.66. The zero-order valence-corrected chi connectivity index (χ0v) is 21.1. The van der Waals surface area contributed by atoms with Crippen LogP contribution in [0.15, 0.2) is 47.5 Å². The molecule has 3 aliphatic rings. The number of para-hydroxylation sites is 1. The van der Waals surface area contributed by atoms with Crippen LogP contribution in [-0.4, -0.2) is 17.2 Å². The summed E-state index contributed by atoms with van der Waals surface area (Å²) in [6.45, 7) is 13.7. The molecular formula is C28H39N2P. The first kappa shape index (κ1) is 22.5. The van der Waals surface area contributed by atoms with Crippen molar-refractivity contribution < 1.29 is 0 Å². The van der Waals surface area contributed by atoms with Crippen molar-refractivity contribution in [2.24, 2.45) is 16.3 Å². The van der Waals surface area contributed by atoms with Gasteiger partial charge in [0.15, 0.2) is 0 Å². The van der Waals surface area contributed by atoms with Gasteiger partial charge in [0.2, 0.25) is 0 Å². The number of aryl methyl sites for hydroxylation is 3. The Labute approximate surface area is 190 Å². The number of fused-ring (bicyclic) bond motifs is 1. The van der Waals surface area contributed by atoms with E-state index in [1.165, 1.54) is 54.4 Å². The molecule has 5 rings (SSSR count). The van der Waals surface area contributed by atoms with E-state index in [-0.39, 0.29) is 8.07 Å². The summed E-state index contributed by atoms with van der Waals surface area (Å²) in [4.78, 5) is 5.24. The van der Waals surface area contributed by atoms with Gasteiger partial charge in [-0.1, -0.05) is 68.8 Å². The van der Waals surface area contributed by atoms with Crippen molar-refractivity contribution in [3.05, 3.63) is 64.7 Å². The summed E-state index contributed by atoms with van der Waals surface area (Å²) in [6.07, 6.45) is 7.29. The Morgan fingerprint density at radius 3 is 2.23 bits per heavy atom. The van der Waals surface area contributed by atoms with Crippen molar-refractivity contribution in [1.29, 1.82) is 0 Å². The van der Waals surface area contributed by atoms with Crippen LogP contribution in [0.3, 0.4) is 0 Å². The van der Waals surface area contributed by atoms with Crippen molar-refractivity contribution in [3.8, 4) is 0 Å². The average molecular weight is 435 g/mol. The largest absolute Gasteiger partial charge is 0.348 e. The van der Waals surface area contributed by atoms with Gasteiger partial charge in [0.1, 0.15) is 5.84 Å². The number of nitrogens with zero attached hydrogens (tertiary/aromatic N) is 1. The third-order valence-electron chi connectivity index (χ3n) is 7.51. The summed E-state index contributed by atoms with van der Waals surface area (Å²) < 4.78 is 0. The lowest BCUT2D eigenvalue weighted by Crippen LogP contribution is -2.34. The minimum atomic E-state index is -0.371. The van der Waals surface area contributed by atoms with Crippen molar-refractivity contribution in [2.75, 3.05) is 0 Å². The van der Waals surface area contributed by atoms with Gasteiger partial charge in [-0.2, -0.15) is 0 Å². The van der Waals surface area contributed by atoms with Gasteiger partial charge in [-0.05, 0) is 94.7 Å². The lowest BCUT2D eigenvalue weighted by molar-refractivity contribution is 0.131. The molecule has 3 saturated carbocycles. The molecule has 166 valence electrons. The van der Waals surface area contributed by atoms with E-state index in [1.807, 2.05) is 0 Å². The molecule has 0 saturated heterocycles. The van der Waals surface area contributed by atoms with Crippen molar-refractivity contribution in [2.45, 2.75) is 85.0 Å². The van der Waals surface area contributed by atoms with Gasteiger partial charge in [-0.3, -0.25) is 0 Å². The third-order valence-corrected chi connectivity index (χ3v) is 10.2. The highest BCUT2D eigenvalue weighted by Gasteiger charge is 2.50. The lowest BCUT2D eigenvalue weighted by Gasteiger charge is -2.43. The second-order valence-electron chi connectivity index (χ2n) is 10.5. The SMILES string of the molecule is Cc1ccc(C(=Nc2c(C)cccc2C)NP(C(C)C)C(C)CC23CCC(C2)C3)cc1. The molecule has 0 radical (unpaired) electrons. The van der Waals surface area contributed by atoms with Crippen molar-refractivity contribution in [1.82, 2.24) is 5.09 Å². The highest BCUT2D eigenvalue weighted by molar-refractivity contribution is 7.57. The van der Waals surface area contributed by atoms with Crippen LogP contribution in [0.5, 0.6) is 0 Å². The van der Waals surface area contributed by atoms with Crippen LogP contribution in [-0.2, 0) is 0 Å². The minimum Gasteiger partial charge on any atom is -0.348 e. The fraction of sp³-hybridized carbons (Fsp3) is 0.536. The van der Waals surface area contributed by atoms with E-state index in [4.69, 9.17) is 4.99 Å². The predicted octanol–water partition coefficient (Wildman–Crippen LogP) is 8.05. The maximum absolute atomic E-state index is 5.24. The fourth-order valence-corrected chi connectivity index (χ4v) is 8.41. The van der Waals surface area contributed by atoms with Gasteiger partial charge in [0.25, 0.3) is 0 Å². The molecular weight excluding hydrogens is 395 g/mol. The molecule has 0 heterocycles. The van der Waals surface area contributed by atoms with E-state index >= 15 is 0 Å². The number of rotatable bonds is 7. The third kappa shape index (κ3) is 4.90. The molecule has 2 unspecified atom stereocenters. The fourth-order valence-electron chi connectivity index (χ4n) is 5.91. The monoisotopic (exact) mass is 434 g/mol. The summed E-state index contributed by atoms with van der Waals surface area (Å²) in [7, 11) is -0.371. The molecule has 1 N–H and O–H groups in total. The Bertz CT molecular complexity index is 912. The summed E-state index contributed by atoms with van der Waals surface area (Å²) in [5.41, 5.74) is 8.03. The summed E-state index contributed by atoms with van der Waals surface area (Å²) >= 11 is 0. The van der Waals surface area contributed by atoms with Crippen molar-refractivity contribution in [3.63, 3.8) is 0 Å². The van der Waals surface area contributed by atoms with E-state index in [2.05, 4.69) is 89.1 Å². The van der Waals surface area contributed by atoms with Gasteiger partial charge in [0.05, 0.1) is 5.69 Å². The van der Waals surface area contributed by atoms with Gasteiger partial charge in [-0.15, -0.1) is 0 Å². The Morgan fingerprint density at radius 2 is 1.68 bits per heavy atom. The average Bonchev–Trinajstić information content (AvgIpc) is 3.28. The zero-order valence-electron chi connectivity index (χ0n) is 20.2. The molecule has 0 aromatic heterocycles. The quantitative estimate of drug-likeness (QED) is 0.266. The maximum Gasteiger partial charge on any atom is 0.137 e. The molecule has 2 aromatic carbocycles. The van der Waals surface area contributed by atoms with Crippen LogP contribution in [0.2, 0.25) is 0 Å². The van der Waals surface area contributed by atoms with E-state index in [0.717, 1.165) is 17.4 Å². The standard InChI is InChI=1S/C28H39N2P/c1-19(2)31(23(6)16-28-15-14-24(17-28)18-28)30-27(25-12-10-20(3)11-13-25)29-26-21(4)8-7-9-22(26)5/h7-13,19,23-24H,14-18H2,1-6H3,(H,29,30). The first-order valence-electron chi connectivity index (χ1n) is 12.0. The second kappa shape index (κ2) is 9.07.